The van der Waals surface area contributed by atoms with Crippen LogP contribution in [0.3, 0.4) is 0 Å². The molecule has 2 aromatic rings. The fourth-order valence-electron chi connectivity index (χ4n) is 3.49. The summed E-state index contributed by atoms with van der Waals surface area (Å²) in [6.07, 6.45) is 5.25. The molecule has 1 fully saturated rings. The molecule has 2 heteroatoms. The number of ether oxygens (including phenoxy) is 1. The lowest BCUT2D eigenvalue weighted by Crippen LogP contribution is -2.23. The van der Waals surface area contributed by atoms with Gasteiger partial charge in [0.05, 0.1) is 6.61 Å². The van der Waals surface area contributed by atoms with Crippen LogP contribution in [-0.4, -0.2) is 31.1 Å². The van der Waals surface area contributed by atoms with Crippen LogP contribution in [0.5, 0.6) is 5.75 Å². The van der Waals surface area contributed by atoms with Crippen molar-refractivity contribution in [3.05, 3.63) is 54.6 Å². The Morgan fingerprint density at radius 3 is 2.62 bits per heavy atom. The van der Waals surface area contributed by atoms with Gasteiger partial charge in [0, 0.05) is 18.0 Å². The van der Waals surface area contributed by atoms with Gasteiger partial charge in [-0.15, -0.1) is 0 Å². The number of unbranched alkanes of at least 4 members (excludes halogenated alkanes) is 2. The van der Waals surface area contributed by atoms with Crippen LogP contribution in [-0.2, 0) is 0 Å². The third-order valence-electron chi connectivity index (χ3n) is 4.89. The molecular formula is C22H29NO. The van der Waals surface area contributed by atoms with Crippen molar-refractivity contribution < 1.29 is 4.74 Å². The number of likely N-dealkylation sites (tertiary alicyclic amines) is 1. The Kier molecular flexibility index (Phi) is 6.31. The van der Waals surface area contributed by atoms with Gasteiger partial charge in [0.15, 0.2) is 0 Å². The Morgan fingerprint density at radius 1 is 1.00 bits per heavy atom. The predicted octanol–water partition coefficient (Wildman–Crippen LogP) is 5.24. The maximum absolute atomic E-state index is 6.22. The van der Waals surface area contributed by atoms with Gasteiger partial charge < -0.3 is 9.64 Å². The lowest BCUT2D eigenvalue weighted by Gasteiger charge is -2.17. The van der Waals surface area contributed by atoms with Crippen molar-refractivity contribution in [3.63, 3.8) is 0 Å². The third-order valence-corrected chi connectivity index (χ3v) is 4.89. The molecule has 2 aromatic carbocycles. The molecule has 0 spiro atoms. The first kappa shape index (κ1) is 17.0. The molecule has 1 atom stereocenters. The van der Waals surface area contributed by atoms with Crippen LogP contribution in [0.4, 0.5) is 0 Å². The molecule has 24 heavy (non-hydrogen) atoms. The zero-order valence-corrected chi connectivity index (χ0v) is 14.8. The molecule has 1 aliphatic heterocycles. The minimum atomic E-state index is 0.662. The molecule has 2 nitrogen and oxygen atoms in total. The minimum absolute atomic E-state index is 0.662. The molecule has 0 amide bonds. The molecule has 0 radical (unpaired) electrons. The predicted molar refractivity (Wildman–Crippen MR) is 101 cm³/mol. The summed E-state index contributed by atoms with van der Waals surface area (Å²) in [4.78, 5) is 2.60. The van der Waals surface area contributed by atoms with Gasteiger partial charge in [-0.05, 0) is 37.6 Å². The summed E-state index contributed by atoms with van der Waals surface area (Å²) in [5.41, 5.74) is 2.41. The van der Waals surface area contributed by atoms with E-state index < -0.39 is 0 Å². The van der Waals surface area contributed by atoms with E-state index in [2.05, 4.69) is 66.4 Å². The SMILES string of the molecule is CCCCCN1CCC(COc2ccccc2-c2ccccc2)C1. The Bertz CT molecular complexity index is 610. The number of hydrogen-bond donors (Lipinski definition) is 0. The van der Waals surface area contributed by atoms with Crippen molar-refractivity contribution in [1.82, 2.24) is 4.90 Å². The van der Waals surface area contributed by atoms with Crippen molar-refractivity contribution >= 4 is 0 Å². The van der Waals surface area contributed by atoms with E-state index in [4.69, 9.17) is 4.74 Å². The Labute approximate surface area is 146 Å². The number of nitrogens with zero attached hydrogens (tertiary/aromatic N) is 1. The van der Waals surface area contributed by atoms with Crippen molar-refractivity contribution in [3.8, 4) is 16.9 Å². The molecule has 0 saturated carbocycles. The third kappa shape index (κ3) is 4.61. The monoisotopic (exact) mass is 323 g/mol. The summed E-state index contributed by atoms with van der Waals surface area (Å²) in [6, 6.07) is 18.9. The highest BCUT2D eigenvalue weighted by atomic mass is 16.5. The van der Waals surface area contributed by atoms with E-state index in [1.165, 1.54) is 56.4 Å². The second-order valence-corrected chi connectivity index (χ2v) is 6.84. The minimum Gasteiger partial charge on any atom is -0.493 e. The van der Waals surface area contributed by atoms with Crippen LogP contribution in [0, 0.1) is 5.92 Å². The Morgan fingerprint density at radius 2 is 1.79 bits per heavy atom. The second kappa shape index (κ2) is 8.89. The quantitative estimate of drug-likeness (QED) is 0.616. The molecular weight excluding hydrogens is 294 g/mol. The largest absolute Gasteiger partial charge is 0.493 e. The summed E-state index contributed by atoms with van der Waals surface area (Å²) in [6.45, 7) is 6.78. The summed E-state index contributed by atoms with van der Waals surface area (Å²) < 4.78 is 6.22. The zero-order chi connectivity index (χ0) is 16.6. The molecule has 1 aliphatic rings. The van der Waals surface area contributed by atoms with E-state index in [-0.39, 0.29) is 0 Å². The number of para-hydroxylation sites is 1. The normalized spacial score (nSPS) is 18.0. The van der Waals surface area contributed by atoms with Crippen molar-refractivity contribution in [1.29, 1.82) is 0 Å². The summed E-state index contributed by atoms with van der Waals surface area (Å²) in [7, 11) is 0. The lowest BCUT2D eigenvalue weighted by atomic mass is 10.0. The first-order chi connectivity index (χ1) is 11.9. The van der Waals surface area contributed by atoms with Crippen molar-refractivity contribution in [2.45, 2.75) is 32.6 Å². The van der Waals surface area contributed by atoms with Crippen LogP contribution in [0.1, 0.15) is 32.6 Å². The summed E-state index contributed by atoms with van der Waals surface area (Å²) in [5, 5.41) is 0. The van der Waals surface area contributed by atoms with E-state index in [0.717, 1.165) is 12.4 Å². The first-order valence-corrected chi connectivity index (χ1v) is 9.36. The average molecular weight is 323 g/mol. The second-order valence-electron chi connectivity index (χ2n) is 6.84. The Balaban J connectivity index is 1.54. The highest BCUT2D eigenvalue weighted by Gasteiger charge is 2.22. The molecule has 0 aliphatic carbocycles. The van der Waals surface area contributed by atoms with Crippen LogP contribution in [0.15, 0.2) is 54.6 Å². The van der Waals surface area contributed by atoms with Gasteiger partial charge >= 0.3 is 0 Å². The highest BCUT2D eigenvalue weighted by Crippen LogP contribution is 2.30. The van der Waals surface area contributed by atoms with Gasteiger partial charge in [0.2, 0.25) is 0 Å². The molecule has 0 bridgehead atoms. The number of benzene rings is 2. The molecule has 1 saturated heterocycles. The molecule has 1 unspecified atom stereocenters. The van der Waals surface area contributed by atoms with Crippen LogP contribution >= 0.6 is 0 Å². The fourth-order valence-corrected chi connectivity index (χ4v) is 3.49. The zero-order valence-electron chi connectivity index (χ0n) is 14.8. The van der Waals surface area contributed by atoms with Gasteiger partial charge in [0.1, 0.15) is 5.75 Å². The molecule has 1 heterocycles. The Hall–Kier alpha value is -1.80. The van der Waals surface area contributed by atoms with E-state index >= 15 is 0 Å². The first-order valence-electron chi connectivity index (χ1n) is 9.36. The van der Waals surface area contributed by atoms with Gasteiger partial charge in [-0.1, -0.05) is 68.3 Å². The van der Waals surface area contributed by atoms with Gasteiger partial charge in [-0.25, -0.2) is 0 Å². The summed E-state index contributed by atoms with van der Waals surface area (Å²) in [5.74, 6) is 1.67. The van der Waals surface area contributed by atoms with Gasteiger partial charge in [-0.2, -0.15) is 0 Å². The highest BCUT2D eigenvalue weighted by molar-refractivity contribution is 5.70. The topological polar surface area (TPSA) is 12.5 Å². The van der Waals surface area contributed by atoms with Crippen LogP contribution < -0.4 is 4.74 Å². The average Bonchev–Trinajstić information content (AvgIpc) is 3.09. The van der Waals surface area contributed by atoms with E-state index in [1.54, 1.807) is 0 Å². The van der Waals surface area contributed by atoms with Crippen molar-refractivity contribution in [2.24, 2.45) is 5.92 Å². The fraction of sp³-hybridized carbons (Fsp3) is 0.455. The van der Waals surface area contributed by atoms with Gasteiger partial charge in [-0.3, -0.25) is 0 Å². The van der Waals surface area contributed by atoms with E-state index in [0.29, 0.717) is 5.92 Å². The van der Waals surface area contributed by atoms with E-state index in [1.807, 2.05) is 0 Å². The standard InChI is InChI=1S/C22H29NO/c1-2-3-9-15-23-16-14-19(17-23)18-24-22-13-8-7-12-21(22)20-10-5-4-6-11-20/h4-8,10-13,19H,2-3,9,14-18H2,1H3. The number of hydrogen-bond acceptors (Lipinski definition) is 2. The maximum Gasteiger partial charge on any atom is 0.127 e. The van der Waals surface area contributed by atoms with E-state index in [9.17, 15) is 0 Å². The molecule has 0 N–H and O–H groups in total. The summed E-state index contributed by atoms with van der Waals surface area (Å²) >= 11 is 0. The molecule has 128 valence electrons. The molecule has 3 rings (SSSR count). The van der Waals surface area contributed by atoms with Crippen molar-refractivity contribution in [2.75, 3.05) is 26.2 Å². The van der Waals surface area contributed by atoms with Crippen LogP contribution in [0.2, 0.25) is 0 Å². The smallest absolute Gasteiger partial charge is 0.127 e. The maximum atomic E-state index is 6.22. The van der Waals surface area contributed by atoms with Gasteiger partial charge in [0.25, 0.3) is 0 Å². The lowest BCUT2D eigenvalue weighted by molar-refractivity contribution is 0.240. The van der Waals surface area contributed by atoms with Crippen LogP contribution in [0.25, 0.3) is 11.1 Å². The number of rotatable bonds is 8. The molecule has 0 aromatic heterocycles.